The van der Waals surface area contributed by atoms with Crippen molar-refractivity contribution in [3.05, 3.63) is 35.4 Å². The maximum Gasteiger partial charge on any atom is 0.251 e. The van der Waals surface area contributed by atoms with E-state index in [-0.39, 0.29) is 17.2 Å². The van der Waals surface area contributed by atoms with Crippen LogP contribution in [0, 0.1) is 0 Å². The van der Waals surface area contributed by atoms with E-state index in [0.29, 0.717) is 12.1 Å². The molecule has 1 aromatic rings. The molecule has 1 aromatic carbocycles. The van der Waals surface area contributed by atoms with Gasteiger partial charge in [0.25, 0.3) is 5.91 Å². The summed E-state index contributed by atoms with van der Waals surface area (Å²) in [5.41, 5.74) is 1.78. The monoisotopic (exact) mass is 319 g/mol. The van der Waals surface area contributed by atoms with Crippen LogP contribution in [-0.4, -0.2) is 49.9 Å². The summed E-state index contributed by atoms with van der Waals surface area (Å²) in [4.78, 5) is 26.1. The lowest BCUT2D eigenvalue weighted by Crippen LogP contribution is -2.46. The molecule has 1 atom stereocenters. The van der Waals surface area contributed by atoms with Crippen molar-refractivity contribution in [3.63, 3.8) is 0 Å². The molecule has 0 saturated carbocycles. The van der Waals surface area contributed by atoms with Crippen molar-refractivity contribution in [1.82, 2.24) is 15.5 Å². The third-order valence-corrected chi connectivity index (χ3v) is 3.61. The van der Waals surface area contributed by atoms with Crippen LogP contribution in [0.3, 0.4) is 0 Å². The van der Waals surface area contributed by atoms with Gasteiger partial charge in [-0.3, -0.25) is 9.59 Å². The predicted molar refractivity (Wildman–Crippen MR) is 93.6 cm³/mol. The van der Waals surface area contributed by atoms with E-state index < -0.39 is 6.04 Å². The van der Waals surface area contributed by atoms with Crippen LogP contribution in [0.4, 0.5) is 0 Å². The van der Waals surface area contributed by atoms with Gasteiger partial charge in [-0.1, -0.05) is 32.9 Å². The lowest BCUT2D eigenvalue weighted by Gasteiger charge is -2.19. The minimum absolute atomic E-state index is 0.0502. The van der Waals surface area contributed by atoms with Crippen molar-refractivity contribution in [2.75, 3.05) is 27.2 Å². The van der Waals surface area contributed by atoms with Crippen LogP contribution < -0.4 is 10.6 Å². The number of rotatable bonds is 6. The SMILES string of the molecule is C[C@@H](NC(=O)c1ccc(C(C)(C)C)cc1)C(=O)NCCN(C)C. The number of carbonyl (C=O) groups excluding carboxylic acids is 2. The molecule has 0 saturated heterocycles. The molecule has 0 fully saturated rings. The average molecular weight is 319 g/mol. The molecule has 5 heteroatoms. The van der Waals surface area contributed by atoms with Gasteiger partial charge >= 0.3 is 0 Å². The molecule has 0 aliphatic heterocycles. The van der Waals surface area contributed by atoms with Crippen LogP contribution in [0.2, 0.25) is 0 Å². The molecule has 0 unspecified atom stereocenters. The van der Waals surface area contributed by atoms with Crippen molar-refractivity contribution in [2.24, 2.45) is 0 Å². The molecule has 0 spiro atoms. The summed E-state index contributed by atoms with van der Waals surface area (Å²) in [6.07, 6.45) is 0. The molecule has 0 aromatic heterocycles. The number of benzene rings is 1. The van der Waals surface area contributed by atoms with Crippen LogP contribution in [0.1, 0.15) is 43.6 Å². The quantitative estimate of drug-likeness (QED) is 0.840. The second-order valence-corrected chi connectivity index (χ2v) is 7.12. The summed E-state index contributed by atoms with van der Waals surface area (Å²) in [6, 6.07) is 6.94. The fraction of sp³-hybridized carbons (Fsp3) is 0.556. The molecule has 0 aliphatic rings. The summed E-state index contributed by atoms with van der Waals surface area (Å²) >= 11 is 0. The highest BCUT2D eigenvalue weighted by molar-refractivity contribution is 5.97. The highest BCUT2D eigenvalue weighted by Gasteiger charge is 2.17. The Morgan fingerprint density at radius 3 is 2.17 bits per heavy atom. The number of hydrogen-bond donors (Lipinski definition) is 2. The van der Waals surface area contributed by atoms with Gasteiger partial charge in [0, 0.05) is 18.7 Å². The van der Waals surface area contributed by atoms with E-state index >= 15 is 0 Å². The molecule has 0 aliphatic carbocycles. The Morgan fingerprint density at radius 1 is 1.13 bits per heavy atom. The van der Waals surface area contributed by atoms with Gasteiger partial charge in [0.05, 0.1) is 0 Å². The molecule has 2 amide bonds. The van der Waals surface area contributed by atoms with Gasteiger partial charge in [-0.2, -0.15) is 0 Å². The zero-order valence-electron chi connectivity index (χ0n) is 15.1. The number of amides is 2. The summed E-state index contributed by atoms with van der Waals surface area (Å²) in [5.74, 6) is -0.410. The molecule has 0 bridgehead atoms. The van der Waals surface area contributed by atoms with E-state index in [0.717, 1.165) is 6.54 Å². The molecule has 2 N–H and O–H groups in total. The highest BCUT2D eigenvalue weighted by atomic mass is 16.2. The molecule has 0 heterocycles. The van der Waals surface area contributed by atoms with Crippen LogP contribution in [0.5, 0.6) is 0 Å². The summed E-state index contributed by atoms with van der Waals surface area (Å²) < 4.78 is 0. The second-order valence-electron chi connectivity index (χ2n) is 7.12. The first-order chi connectivity index (χ1) is 10.6. The van der Waals surface area contributed by atoms with Crippen LogP contribution in [-0.2, 0) is 10.2 Å². The first kappa shape index (κ1) is 19.2. The number of nitrogens with one attached hydrogen (secondary N) is 2. The Hall–Kier alpha value is -1.88. The van der Waals surface area contributed by atoms with Gasteiger partial charge in [0.15, 0.2) is 0 Å². The zero-order chi connectivity index (χ0) is 17.6. The third-order valence-electron chi connectivity index (χ3n) is 3.61. The van der Waals surface area contributed by atoms with Crippen molar-refractivity contribution in [2.45, 2.75) is 39.2 Å². The molecular weight excluding hydrogens is 290 g/mol. The normalized spacial score (nSPS) is 12.8. The highest BCUT2D eigenvalue weighted by Crippen LogP contribution is 2.22. The van der Waals surface area contributed by atoms with E-state index in [4.69, 9.17) is 0 Å². The Morgan fingerprint density at radius 2 is 1.70 bits per heavy atom. The van der Waals surface area contributed by atoms with E-state index in [1.54, 1.807) is 19.1 Å². The maximum atomic E-state index is 12.2. The van der Waals surface area contributed by atoms with Gasteiger partial charge in [-0.05, 0) is 44.1 Å². The minimum atomic E-state index is -0.563. The molecule has 0 radical (unpaired) electrons. The zero-order valence-corrected chi connectivity index (χ0v) is 15.1. The Bertz CT molecular complexity index is 530. The Balaban J connectivity index is 2.56. The van der Waals surface area contributed by atoms with E-state index in [1.807, 2.05) is 31.1 Å². The maximum absolute atomic E-state index is 12.2. The van der Waals surface area contributed by atoms with Crippen LogP contribution >= 0.6 is 0 Å². The van der Waals surface area contributed by atoms with Gasteiger partial charge in [0.1, 0.15) is 6.04 Å². The van der Waals surface area contributed by atoms with E-state index in [1.165, 1.54) is 5.56 Å². The van der Waals surface area contributed by atoms with Gasteiger partial charge in [-0.15, -0.1) is 0 Å². The predicted octanol–water partition coefficient (Wildman–Crippen LogP) is 1.78. The average Bonchev–Trinajstić information content (AvgIpc) is 2.45. The number of likely N-dealkylation sites (N-methyl/N-ethyl adjacent to an activating group) is 1. The molecular formula is C18H29N3O2. The van der Waals surface area contributed by atoms with Crippen LogP contribution in [0.15, 0.2) is 24.3 Å². The van der Waals surface area contributed by atoms with Gasteiger partial charge < -0.3 is 15.5 Å². The lowest BCUT2D eigenvalue weighted by molar-refractivity contribution is -0.122. The van der Waals surface area contributed by atoms with Crippen molar-refractivity contribution >= 4 is 11.8 Å². The lowest BCUT2D eigenvalue weighted by atomic mass is 9.86. The first-order valence-corrected chi connectivity index (χ1v) is 7.95. The first-order valence-electron chi connectivity index (χ1n) is 7.95. The van der Waals surface area contributed by atoms with Gasteiger partial charge in [0.2, 0.25) is 5.91 Å². The smallest absolute Gasteiger partial charge is 0.251 e. The van der Waals surface area contributed by atoms with Crippen molar-refractivity contribution in [3.8, 4) is 0 Å². The number of hydrogen-bond acceptors (Lipinski definition) is 3. The molecule has 128 valence electrons. The number of nitrogens with zero attached hydrogens (tertiary/aromatic N) is 1. The van der Waals surface area contributed by atoms with E-state index in [9.17, 15) is 9.59 Å². The summed E-state index contributed by atoms with van der Waals surface area (Å²) in [6.45, 7) is 9.39. The topological polar surface area (TPSA) is 61.4 Å². The standard InChI is InChI=1S/C18H29N3O2/c1-13(16(22)19-11-12-21(5)6)20-17(23)14-7-9-15(10-8-14)18(2,3)4/h7-10,13H,11-12H2,1-6H3,(H,19,22)(H,20,23)/t13-/m1/s1. The minimum Gasteiger partial charge on any atom is -0.353 e. The van der Waals surface area contributed by atoms with E-state index in [2.05, 4.69) is 31.4 Å². The number of carbonyl (C=O) groups is 2. The Kier molecular flexibility index (Phi) is 6.76. The van der Waals surface area contributed by atoms with Crippen molar-refractivity contribution < 1.29 is 9.59 Å². The molecule has 5 nitrogen and oxygen atoms in total. The Labute approximate surface area is 139 Å². The van der Waals surface area contributed by atoms with Crippen LogP contribution in [0.25, 0.3) is 0 Å². The fourth-order valence-electron chi connectivity index (χ4n) is 2.02. The fourth-order valence-corrected chi connectivity index (χ4v) is 2.02. The van der Waals surface area contributed by atoms with Crippen molar-refractivity contribution in [1.29, 1.82) is 0 Å². The molecule has 23 heavy (non-hydrogen) atoms. The summed E-state index contributed by atoms with van der Waals surface area (Å²) in [7, 11) is 3.89. The molecule has 1 rings (SSSR count). The third kappa shape index (κ3) is 6.40. The summed E-state index contributed by atoms with van der Waals surface area (Å²) in [5, 5.41) is 5.53. The van der Waals surface area contributed by atoms with Gasteiger partial charge in [-0.25, -0.2) is 0 Å². The second kappa shape index (κ2) is 8.11. The largest absolute Gasteiger partial charge is 0.353 e.